The lowest BCUT2D eigenvalue weighted by molar-refractivity contribution is 0.626. The second-order valence-corrected chi connectivity index (χ2v) is 5.59. The van der Waals surface area contributed by atoms with Crippen molar-refractivity contribution >= 4 is 5.65 Å². The molecule has 7 nitrogen and oxygen atoms in total. The number of rotatable bonds is 5. The molecule has 0 N–H and O–H groups in total. The maximum absolute atomic E-state index is 4.72. The minimum absolute atomic E-state index is 0.142. The maximum atomic E-state index is 4.72. The molecule has 4 aromatic heterocycles. The number of pyridine rings is 1. The van der Waals surface area contributed by atoms with E-state index in [2.05, 4.69) is 27.1 Å². The molecule has 0 radical (unpaired) electrons. The van der Waals surface area contributed by atoms with Crippen LogP contribution in [0.5, 0.6) is 0 Å². The Bertz CT molecular complexity index is 928. The Morgan fingerprint density at radius 3 is 2.79 bits per heavy atom. The number of hydrogen-bond donors (Lipinski definition) is 0. The van der Waals surface area contributed by atoms with E-state index in [1.165, 1.54) is 0 Å². The van der Waals surface area contributed by atoms with E-state index in [0.717, 1.165) is 35.4 Å². The second kappa shape index (κ2) is 6.19. The van der Waals surface area contributed by atoms with Crippen LogP contribution < -0.4 is 0 Å². The predicted octanol–water partition coefficient (Wildman–Crippen LogP) is 2.31. The van der Waals surface area contributed by atoms with Crippen molar-refractivity contribution in [3.05, 3.63) is 72.7 Å². The van der Waals surface area contributed by atoms with Crippen LogP contribution in [0.4, 0.5) is 0 Å². The van der Waals surface area contributed by atoms with Gasteiger partial charge in [0.2, 0.25) is 0 Å². The molecule has 7 heteroatoms. The first kappa shape index (κ1) is 14.5. The van der Waals surface area contributed by atoms with E-state index in [1.54, 1.807) is 31.4 Å². The van der Waals surface area contributed by atoms with E-state index < -0.39 is 0 Å². The van der Waals surface area contributed by atoms with Gasteiger partial charge < -0.3 is 4.57 Å². The summed E-state index contributed by atoms with van der Waals surface area (Å²) in [6.07, 6.45) is 12.6. The topological polar surface area (TPSA) is 73.8 Å². The Labute approximate surface area is 139 Å². The van der Waals surface area contributed by atoms with Crippen molar-refractivity contribution in [2.75, 3.05) is 0 Å². The summed E-state index contributed by atoms with van der Waals surface area (Å²) in [5.74, 6) is 0. The molecule has 0 spiro atoms. The molecule has 0 aromatic carbocycles. The molecule has 0 saturated carbocycles. The third kappa shape index (κ3) is 2.44. The van der Waals surface area contributed by atoms with E-state index in [1.807, 2.05) is 33.4 Å². The van der Waals surface area contributed by atoms with E-state index in [-0.39, 0.29) is 6.04 Å². The largest absolute Gasteiger partial charge is 0.323 e. The molecule has 0 amide bonds. The van der Waals surface area contributed by atoms with Gasteiger partial charge in [-0.1, -0.05) is 19.4 Å². The Morgan fingerprint density at radius 2 is 2.04 bits per heavy atom. The SMILES string of the molecule is CCCc1c(C(c2ccccn2)n2ccnc2)ncn2cnnc12. The highest BCUT2D eigenvalue weighted by molar-refractivity contribution is 5.50. The molecular formula is C17H17N7. The lowest BCUT2D eigenvalue weighted by Crippen LogP contribution is -2.17. The van der Waals surface area contributed by atoms with Crippen molar-refractivity contribution in [3.8, 4) is 0 Å². The number of fused-ring (bicyclic) bond motifs is 1. The van der Waals surface area contributed by atoms with Gasteiger partial charge >= 0.3 is 0 Å². The Balaban J connectivity index is 1.96. The standard InChI is InChI=1S/C17H17N7/c1-2-5-13-15(20-11-24-12-21-22-17(13)24)16(23-9-8-18-10-23)14-6-3-4-7-19-14/h3-4,6-12,16H,2,5H2,1H3. The first-order valence-corrected chi connectivity index (χ1v) is 7.94. The van der Waals surface area contributed by atoms with Crippen LogP contribution >= 0.6 is 0 Å². The average Bonchev–Trinajstić information content (AvgIpc) is 3.30. The molecular weight excluding hydrogens is 302 g/mol. The molecule has 0 saturated heterocycles. The molecule has 0 aliphatic heterocycles. The summed E-state index contributed by atoms with van der Waals surface area (Å²) in [5.41, 5.74) is 3.81. The van der Waals surface area contributed by atoms with Gasteiger partial charge in [0.1, 0.15) is 18.7 Å². The lowest BCUT2D eigenvalue weighted by atomic mass is 10.0. The Kier molecular flexibility index (Phi) is 3.74. The molecule has 0 bridgehead atoms. The van der Waals surface area contributed by atoms with Crippen molar-refractivity contribution in [1.82, 2.24) is 34.1 Å². The summed E-state index contributed by atoms with van der Waals surface area (Å²) in [7, 11) is 0. The summed E-state index contributed by atoms with van der Waals surface area (Å²) in [5, 5.41) is 8.30. The molecule has 1 atom stereocenters. The van der Waals surface area contributed by atoms with Crippen LogP contribution in [0.1, 0.15) is 36.3 Å². The van der Waals surface area contributed by atoms with Crippen molar-refractivity contribution in [1.29, 1.82) is 0 Å². The lowest BCUT2D eigenvalue weighted by Gasteiger charge is -2.20. The summed E-state index contributed by atoms with van der Waals surface area (Å²) >= 11 is 0. The zero-order valence-electron chi connectivity index (χ0n) is 13.3. The van der Waals surface area contributed by atoms with Crippen LogP contribution in [-0.2, 0) is 6.42 Å². The minimum Gasteiger partial charge on any atom is -0.323 e. The predicted molar refractivity (Wildman–Crippen MR) is 88.5 cm³/mol. The van der Waals surface area contributed by atoms with Crippen LogP contribution in [0, 0.1) is 0 Å². The van der Waals surface area contributed by atoms with Crippen molar-refractivity contribution in [2.45, 2.75) is 25.8 Å². The van der Waals surface area contributed by atoms with Gasteiger partial charge in [0.25, 0.3) is 0 Å². The summed E-state index contributed by atoms with van der Waals surface area (Å²) < 4.78 is 3.88. The molecule has 0 fully saturated rings. The normalized spacial score (nSPS) is 12.5. The fourth-order valence-electron chi connectivity index (χ4n) is 2.98. The van der Waals surface area contributed by atoms with Crippen molar-refractivity contribution < 1.29 is 0 Å². The smallest absolute Gasteiger partial charge is 0.166 e. The van der Waals surface area contributed by atoms with Gasteiger partial charge in [-0.3, -0.25) is 9.38 Å². The van der Waals surface area contributed by atoms with Crippen molar-refractivity contribution in [2.24, 2.45) is 0 Å². The third-order valence-corrected chi connectivity index (χ3v) is 4.02. The molecule has 1 unspecified atom stereocenters. The van der Waals surface area contributed by atoms with Gasteiger partial charge in [-0.05, 0) is 18.6 Å². The van der Waals surface area contributed by atoms with Crippen LogP contribution in [0.15, 0.2) is 55.8 Å². The first-order chi connectivity index (χ1) is 11.9. The molecule has 4 rings (SSSR count). The molecule has 4 aromatic rings. The van der Waals surface area contributed by atoms with Crippen LogP contribution in [-0.4, -0.2) is 34.1 Å². The number of nitrogens with zero attached hydrogens (tertiary/aromatic N) is 7. The first-order valence-electron chi connectivity index (χ1n) is 7.94. The third-order valence-electron chi connectivity index (χ3n) is 4.02. The molecule has 0 aliphatic carbocycles. The van der Waals surface area contributed by atoms with Crippen molar-refractivity contribution in [3.63, 3.8) is 0 Å². The molecule has 0 aliphatic rings. The van der Waals surface area contributed by atoms with Gasteiger partial charge in [-0.2, -0.15) is 0 Å². The van der Waals surface area contributed by atoms with E-state index in [4.69, 9.17) is 4.98 Å². The van der Waals surface area contributed by atoms with Gasteiger partial charge in [-0.15, -0.1) is 10.2 Å². The summed E-state index contributed by atoms with van der Waals surface area (Å²) in [6.45, 7) is 2.15. The van der Waals surface area contributed by atoms with Crippen LogP contribution in [0.3, 0.4) is 0 Å². The maximum Gasteiger partial charge on any atom is 0.166 e. The fourth-order valence-corrected chi connectivity index (χ4v) is 2.98. The Hall–Kier alpha value is -3.09. The summed E-state index contributed by atoms with van der Waals surface area (Å²) in [4.78, 5) is 13.5. The number of aromatic nitrogens is 7. The minimum atomic E-state index is -0.142. The van der Waals surface area contributed by atoms with Crippen LogP contribution in [0.2, 0.25) is 0 Å². The number of hydrogen-bond acceptors (Lipinski definition) is 5. The zero-order chi connectivity index (χ0) is 16.4. The zero-order valence-corrected chi connectivity index (χ0v) is 13.3. The highest BCUT2D eigenvalue weighted by atomic mass is 15.2. The van der Waals surface area contributed by atoms with E-state index >= 15 is 0 Å². The summed E-state index contributed by atoms with van der Waals surface area (Å²) in [6, 6.07) is 5.77. The highest BCUT2D eigenvalue weighted by Gasteiger charge is 2.24. The van der Waals surface area contributed by atoms with Gasteiger partial charge in [0, 0.05) is 24.2 Å². The highest BCUT2D eigenvalue weighted by Crippen LogP contribution is 2.28. The number of aryl methyl sites for hydroxylation is 1. The molecule has 24 heavy (non-hydrogen) atoms. The number of imidazole rings is 1. The van der Waals surface area contributed by atoms with Gasteiger partial charge in [0.05, 0.1) is 17.7 Å². The van der Waals surface area contributed by atoms with E-state index in [0.29, 0.717) is 0 Å². The van der Waals surface area contributed by atoms with Crippen LogP contribution in [0.25, 0.3) is 5.65 Å². The second-order valence-electron chi connectivity index (χ2n) is 5.59. The average molecular weight is 319 g/mol. The molecule has 4 heterocycles. The Morgan fingerprint density at radius 1 is 1.08 bits per heavy atom. The van der Waals surface area contributed by atoms with Gasteiger partial charge in [0.15, 0.2) is 5.65 Å². The quantitative estimate of drug-likeness (QED) is 0.564. The fraction of sp³-hybridized carbons (Fsp3) is 0.235. The molecule has 120 valence electrons. The van der Waals surface area contributed by atoms with E-state index in [9.17, 15) is 0 Å². The van der Waals surface area contributed by atoms with Gasteiger partial charge in [-0.25, -0.2) is 9.97 Å². The monoisotopic (exact) mass is 319 g/mol.